The molecule has 0 fully saturated rings. The molecule has 0 bridgehead atoms. The molecule has 0 spiro atoms. The van der Waals surface area contributed by atoms with Crippen LogP contribution in [0.3, 0.4) is 0 Å². The fourth-order valence-electron chi connectivity index (χ4n) is 2.18. The maximum absolute atomic E-state index is 5.42. The molecular weight excluding hydrogens is 240 g/mol. The second kappa shape index (κ2) is 4.10. The van der Waals surface area contributed by atoms with Crippen molar-refractivity contribution in [2.24, 2.45) is 0 Å². The summed E-state index contributed by atoms with van der Waals surface area (Å²) in [5, 5.41) is 0. The highest BCUT2D eigenvalue weighted by Gasteiger charge is 2.06. The number of para-hydroxylation sites is 2. The highest BCUT2D eigenvalue weighted by atomic mass is 32.1. The van der Waals surface area contributed by atoms with Crippen molar-refractivity contribution in [1.82, 2.24) is 9.55 Å². The lowest BCUT2D eigenvalue weighted by atomic mass is 10.1. The van der Waals surface area contributed by atoms with Crippen LogP contribution < -0.4 is 0 Å². The summed E-state index contributed by atoms with van der Waals surface area (Å²) < 4.78 is 2.82. The first kappa shape index (κ1) is 11.2. The predicted octanol–water partition coefficient (Wildman–Crippen LogP) is 4.30. The molecule has 0 aliphatic rings. The molecule has 90 valence electrons. The summed E-state index contributed by atoms with van der Waals surface area (Å²) in [7, 11) is 0. The Morgan fingerprint density at radius 1 is 1.00 bits per heavy atom. The quantitative estimate of drug-likeness (QED) is 0.642. The number of hydrogen-bond acceptors (Lipinski definition) is 1. The summed E-state index contributed by atoms with van der Waals surface area (Å²) in [6.07, 6.45) is 0. The number of imidazole rings is 1. The van der Waals surface area contributed by atoms with Gasteiger partial charge in [-0.2, -0.15) is 0 Å². The Balaban J connectivity index is 2.34. The molecule has 0 amide bonds. The molecular formula is C15H14N2S. The Kier molecular flexibility index (Phi) is 2.56. The van der Waals surface area contributed by atoms with Gasteiger partial charge in [0, 0.05) is 5.69 Å². The van der Waals surface area contributed by atoms with E-state index in [1.54, 1.807) is 0 Å². The summed E-state index contributed by atoms with van der Waals surface area (Å²) in [4.78, 5) is 3.24. The van der Waals surface area contributed by atoms with Gasteiger partial charge in [-0.25, -0.2) is 0 Å². The third kappa shape index (κ3) is 1.68. The number of H-pyrrole nitrogens is 1. The van der Waals surface area contributed by atoms with Crippen LogP contribution in [0.4, 0.5) is 0 Å². The normalized spacial score (nSPS) is 11.0. The smallest absolute Gasteiger partial charge is 0.182 e. The number of nitrogens with one attached hydrogen (secondary N) is 1. The van der Waals surface area contributed by atoms with E-state index in [9.17, 15) is 0 Å². The van der Waals surface area contributed by atoms with Crippen LogP contribution in [0.15, 0.2) is 42.5 Å². The number of nitrogens with zero attached hydrogens (tertiary/aromatic N) is 1. The van der Waals surface area contributed by atoms with Gasteiger partial charge in [0.2, 0.25) is 0 Å². The minimum absolute atomic E-state index is 0.736. The first-order chi connectivity index (χ1) is 8.66. The zero-order valence-corrected chi connectivity index (χ0v) is 11.2. The molecule has 3 rings (SSSR count). The molecule has 1 aromatic heterocycles. The Morgan fingerprint density at radius 2 is 1.78 bits per heavy atom. The van der Waals surface area contributed by atoms with Gasteiger partial charge in [-0.1, -0.05) is 18.2 Å². The molecule has 18 heavy (non-hydrogen) atoms. The van der Waals surface area contributed by atoms with Gasteiger partial charge in [-0.3, -0.25) is 4.57 Å². The van der Waals surface area contributed by atoms with Crippen LogP contribution in [0.2, 0.25) is 0 Å². The average Bonchev–Trinajstić information content (AvgIpc) is 2.69. The van der Waals surface area contributed by atoms with E-state index in [0.29, 0.717) is 0 Å². The summed E-state index contributed by atoms with van der Waals surface area (Å²) in [5.41, 5.74) is 5.87. The number of fused-ring (bicyclic) bond motifs is 1. The van der Waals surface area contributed by atoms with E-state index in [1.807, 2.05) is 18.2 Å². The van der Waals surface area contributed by atoms with Crippen LogP contribution in [0.1, 0.15) is 11.1 Å². The maximum Gasteiger partial charge on any atom is 0.182 e. The largest absolute Gasteiger partial charge is 0.330 e. The fourth-order valence-corrected chi connectivity index (χ4v) is 2.49. The van der Waals surface area contributed by atoms with Gasteiger partial charge in [0.1, 0.15) is 0 Å². The van der Waals surface area contributed by atoms with Gasteiger partial charge in [0.25, 0.3) is 0 Å². The molecule has 0 saturated carbocycles. The van der Waals surface area contributed by atoms with Crippen molar-refractivity contribution in [3.05, 3.63) is 58.4 Å². The van der Waals surface area contributed by atoms with E-state index < -0.39 is 0 Å². The third-order valence-electron chi connectivity index (χ3n) is 3.34. The van der Waals surface area contributed by atoms with Gasteiger partial charge in [0.05, 0.1) is 11.0 Å². The molecule has 0 saturated heterocycles. The lowest BCUT2D eigenvalue weighted by molar-refractivity contribution is 1.06. The van der Waals surface area contributed by atoms with Crippen molar-refractivity contribution in [3.8, 4) is 5.69 Å². The Morgan fingerprint density at radius 3 is 2.56 bits per heavy atom. The molecule has 2 aromatic carbocycles. The number of hydrogen-bond donors (Lipinski definition) is 1. The molecule has 3 heteroatoms. The Hall–Kier alpha value is -1.87. The minimum atomic E-state index is 0.736. The van der Waals surface area contributed by atoms with Crippen LogP contribution in [0.5, 0.6) is 0 Å². The SMILES string of the molecule is Cc1ccc(-n2c(=S)[nH]c3ccccc32)cc1C. The van der Waals surface area contributed by atoms with Crippen molar-refractivity contribution in [2.45, 2.75) is 13.8 Å². The van der Waals surface area contributed by atoms with Crippen LogP contribution in [-0.2, 0) is 0 Å². The van der Waals surface area contributed by atoms with E-state index >= 15 is 0 Å². The van der Waals surface area contributed by atoms with E-state index in [2.05, 4.69) is 47.7 Å². The van der Waals surface area contributed by atoms with Crippen molar-refractivity contribution in [3.63, 3.8) is 0 Å². The number of aromatic nitrogens is 2. The second-order valence-electron chi connectivity index (χ2n) is 4.55. The topological polar surface area (TPSA) is 20.7 Å². The summed E-state index contributed by atoms with van der Waals surface area (Å²) in [5.74, 6) is 0. The first-order valence-electron chi connectivity index (χ1n) is 5.94. The van der Waals surface area contributed by atoms with E-state index in [0.717, 1.165) is 21.5 Å². The molecule has 2 nitrogen and oxygen atoms in total. The molecule has 0 aliphatic carbocycles. The maximum atomic E-state index is 5.42. The van der Waals surface area contributed by atoms with Crippen molar-refractivity contribution < 1.29 is 0 Å². The molecule has 1 heterocycles. The highest BCUT2D eigenvalue weighted by Crippen LogP contribution is 2.21. The predicted molar refractivity (Wildman–Crippen MR) is 77.9 cm³/mol. The van der Waals surface area contributed by atoms with Gasteiger partial charge < -0.3 is 4.98 Å². The zero-order valence-electron chi connectivity index (χ0n) is 10.4. The average molecular weight is 254 g/mol. The molecule has 0 atom stereocenters. The lowest BCUT2D eigenvalue weighted by Crippen LogP contribution is -1.95. The molecule has 0 radical (unpaired) electrons. The van der Waals surface area contributed by atoms with Gasteiger partial charge in [-0.15, -0.1) is 0 Å². The van der Waals surface area contributed by atoms with Gasteiger partial charge in [0.15, 0.2) is 4.77 Å². The monoisotopic (exact) mass is 254 g/mol. The minimum Gasteiger partial charge on any atom is -0.330 e. The van der Waals surface area contributed by atoms with Crippen molar-refractivity contribution >= 4 is 23.3 Å². The fraction of sp³-hybridized carbons (Fsp3) is 0.133. The van der Waals surface area contributed by atoms with Crippen molar-refractivity contribution in [2.75, 3.05) is 0 Å². The molecule has 0 aliphatic heterocycles. The first-order valence-corrected chi connectivity index (χ1v) is 6.35. The lowest BCUT2D eigenvalue weighted by Gasteiger charge is -2.07. The Labute approximate surface area is 111 Å². The van der Waals surface area contributed by atoms with Gasteiger partial charge in [-0.05, 0) is 61.5 Å². The number of benzene rings is 2. The number of aromatic amines is 1. The molecule has 0 unspecified atom stereocenters. The van der Waals surface area contributed by atoms with E-state index in [1.165, 1.54) is 11.1 Å². The van der Waals surface area contributed by atoms with Crippen LogP contribution in [0.25, 0.3) is 16.7 Å². The highest BCUT2D eigenvalue weighted by molar-refractivity contribution is 7.71. The van der Waals surface area contributed by atoms with Crippen molar-refractivity contribution in [1.29, 1.82) is 0 Å². The third-order valence-corrected chi connectivity index (χ3v) is 3.62. The van der Waals surface area contributed by atoms with Crippen LogP contribution >= 0.6 is 12.2 Å². The summed E-state index contributed by atoms with van der Waals surface area (Å²) >= 11 is 5.42. The number of rotatable bonds is 1. The van der Waals surface area contributed by atoms with Crippen LogP contribution in [-0.4, -0.2) is 9.55 Å². The standard InChI is InChI=1S/C15H14N2S/c1-10-7-8-12(9-11(10)2)17-14-6-4-3-5-13(14)16-15(17)18/h3-9H,1-2H3,(H,16,18). The van der Waals surface area contributed by atoms with Crippen LogP contribution in [0, 0.1) is 18.6 Å². The molecule has 1 N–H and O–H groups in total. The summed E-state index contributed by atoms with van der Waals surface area (Å²) in [6.45, 7) is 4.24. The zero-order chi connectivity index (χ0) is 12.7. The Bertz CT molecular complexity index is 781. The second-order valence-corrected chi connectivity index (χ2v) is 4.94. The number of aryl methyl sites for hydroxylation is 2. The van der Waals surface area contributed by atoms with E-state index in [4.69, 9.17) is 12.2 Å². The van der Waals surface area contributed by atoms with E-state index in [-0.39, 0.29) is 0 Å². The molecule has 3 aromatic rings. The van der Waals surface area contributed by atoms with Gasteiger partial charge >= 0.3 is 0 Å². The summed E-state index contributed by atoms with van der Waals surface area (Å²) in [6, 6.07) is 14.6.